The number of nitrogens with one attached hydrogen (secondary N) is 1. The summed E-state index contributed by atoms with van der Waals surface area (Å²) in [5.74, 6) is -0.421. The summed E-state index contributed by atoms with van der Waals surface area (Å²) in [4.78, 5) is 16.9. The first-order chi connectivity index (χ1) is 12.5. The van der Waals surface area contributed by atoms with Crippen LogP contribution in [-0.4, -0.2) is 47.9 Å². The molecule has 1 fully saturated rings. The summed E-state index contributed by atoms with van der Waals surface area (Å²) in [6, 6.07) is 14.3. The number of piperazine rings is 1. The number of carbonyl (C=O) groups is 1. The maximum Gasteiger partial charge on any atom is 0.244 e. The van der Waals surface area contributed by atoms with E-state index >= 15 is 0 Å². The number of anilines is 1. The maximum atomic E-state index is 13.2. The van der Waals surface area contributed by atoms with Crippen molar-refractivity contribution in [1.29, 1.82) is 0 Å². The number of carbonyl (C=O) groups excluding carboxylic acids is 1. The summed E-state index contributed by atoms with van der Waals surface area (Å²) in [7, 11) is 0. The summed E-state index contributed by atoms with van der Waals surface area (Å²) in [6.07, 6.45) is 0. The van der Waals surface area contributed by atoms with E-state index in [0.717, 1.165) is 19.6 Å². The molecule has 2 aromatic carbocycles. The first kappa shape index (κ1) is 18.7. The quantitative estimate of drug-likeness (QED) is 0.866. The molecule has 1 heterocycles. The Morgan fingerprint density at radius 1 is 1.15 bits per heavy atom. The predicted octanol–water partition coefficient (Wildman–Crippen LogP) is 3.62. The number of rotatable bonds is 5. The Morgan fingerprint density at radius 2 is 1.85 bits per heavy atom. The van der Waals surface area contributed by atoms with Gasteiger partial charge in [-0.1, -0.05) is 41.9 Å². The molecule has 1 saturated heterocycles. The summed E-state index contributed by atoms with van der Waals surface area (Å²) in [5.41, 5.74) is 1.93. The van der Waals surface area contributed by atoms with E-state index in [4.69, 9.17) is 11.6 Å². The minimum absolute atomic E-state index is 0.0455. The second kappa shape index (κ2) is 8.52. The van der Waals surface area contributed by atoms with Crippen molar-refractivity contribution in [3.05, 3.63) is 64.9 Å². The van der Waals surface area contributed by atoms with Crippen molar-refractivity contribution in [2.24, 2.45) is 0 Å². The van der Waals surface area contributed by atoms with Crippen LogP contribution in [-0.2, 0) is 11.3 Å². The second-order valence-corrected chi connectivity index (χ2v) is 6.99. The van der Waals surface area contributed by atoms with Crippen LogP contribution in [0.5, 0.6) is 0 Å². The Labute approximate surface area is 158 Å². The summed E-state index contributed by atoms with van der Waals surface area (Å²) >= 11 is 5.79. The highest BCUT2D eigenvalue weighted by Gasteiger charge is 2.25. The standard InChI is InChI=1S/C20H23ClFN3O/c1-15(23-17-7-8-19(22)18(21)13-17)20(26)25-11-9-24(10-12-25)14-16-5-3-2-4-6-16/h2-8,13,15,23H,9-12,14H2,1H3. The van der Waals surface area contributed by atoms with Gasteiger partial charge in [0.15, 0.2) is 0 Å². The van der Waals surface area contributed by atoms with Crippen LogP contribution in [0.25, 0.3) is 0 Å². The lowest BCUT2D eigenvalue weighted by Crippen LogP contribution is -2.51. The fourth-order valence-electron chi connectivity index (χ4n) is 3.14. The molecule has 1 amide bonds. The lowest BCUT2D eigenvalue weighted by molar-refractivity contribution is -0.133. The summed E-state index contributed by atoms with van der Waals surface area (Å²) in [5, 5.41) is 3.15. The van der Waals surface area contributed by atoms with Gasteiger partial charge in [-0.25, -0.2) is 4.39 Å². The third-order valence-corrected chi connectivity index (χ3v) is 4.90. The van der Waals surface area contributed by atoms with Crippen molar-refractivity contribution in [2.45, 2.75) is 19.5 Å². The van der Waals surface area contributed by atoms with Crippen LogP contribution in [0.3, 0.4) is 0 Å². The topological polar surface area (TPSA) is 35.6 Å². The largest absolute Gasteiger partial charge is 0.374 e. The number of amides is 1. The fraction of sp³-hybridized carbons (Fsp3) is 0.350. The molecule has 138 valence electrons. The van der Waals surface area contributed by atoms with E-state index in [1.807, 2.05) is 30.0 Å². The highest BCUT2D eigenvalue weighted by atomic mass is 35.5. The molecule has 1 atom stereocenters. The van der Waals surface area contributed by atoms with E-state index in [9.17, 15) is 9.18 Å². The van der Waals surface area contributed by atoms with Crippen molar-refractivity contribution in [2.75, 3.05) is 31.5 Å². The van der Waals surface area contributed by atoms with Crippen molar-refractivity contribution in [1.82, 2.24) is 9.80 Å². The van der Waals surface area contributed by atoms with Gasteiger partial charge in [0.05, 0.1) is 5.02 Å². The molecule has 6 heteroatoms. The summed E-state index contributed by atoms with van der Waals surface area (Å²) < 4.78 is 13.2. The van der Waals surface area contributed by atoms with Crippen molar-refractivity contribution < 1.29 is 9.18 Å². The lowest BCUT2D eigenvalue weighted by atomic mass is 10.2. The molecule has 1 aliphatic rings. The van der Waals surface area contributed by atoms with Gasteiger partial charge in [0, 0.05) is 38.4 Å². The van der Waals surface area contributed by atoms with Gasteiger partial charge >= 0.3 is 0 Å². The van der Waals surface area contributed by atoms with Crippen molar-refractivity contribution in [3.63, 3.8) is 0 Å². The fourth-order valence-corrected chi connectivity index (χ4v) is 3.32. The molecule has 0 aliphatic carbocycles. The van der Waals surface area contributed by atoms with E-state index in [1.54, 1.807) is 6.07 Å². The molecule has 0 radical (unpaired) electrons. The van der Waals surface area contributed by atoms with E-state index in [-0.39, 0.29) is 10.9 Å². The lowest BCUT2D eigenvalue weighted by Gasteiger charge is -2.36. The summed E-state index contributed by atoms with van der Waals surface area (Å²) in [6.45, 7) is 5.86. The van der Waals surface area contributed by atoms with Gasteiger partial charge in [0.2, 0.25) is 5.91 Å². The Kier molecular flexibility index (Phi) is 6.12. The molecular weight excluding hydrogens is 353 g/mol. The molecule has 1 unspecified atom stereocenters. The number of nitrogens with zero attached hydrogens (tertiary/aromatic N) is 2. The average Bonchev–Trinajstić information content (AvgIpc) is 2.65. The van der Waals surface area contributed by atoms with E-state index in [2.05, 4.69) is 22.3 Å². The van der Waals surface area contributed by atoms with Gasteiger partial charge < -0.3 is 10.2 Å². The SMILES string of the molecule is CC(Nc1ccc(F)c(Cl)c1)C(=O)N1CCN(Cc2ccccc2)CC1. The molecule has 0 saturated carbocycles. The first-order valence-corrected chi connectivity index (χ1v) is 9.17. The van der Waals surface area contributed by atoms with Gasteiger partial charge in [-0.05, 0) is 30.7 Å². The maximum absolute atomic E-state index is 13.2. The molecule has 2 aromatic rings. The van der Waals surface area contributed by atoms with E-state index < -0.39 is 11.9 Å². The van der Waals surface area contributed by atoms with Crippen LogP contribution in [0.1, 0.15) is 12.5 Å². The number of halogens is 2. The number of hydrogen-bond donors (Lipinski definition) is 1. The smallest absolute Gasteiger partial charge is 0.244 e. The number of hydrogen-bond acceptors (Lipinski definition) is 3. The molecule has 1 N–H and O–H groups in total. The molecule has 0 aromatic heterocycles. The molecule has 1 aliphatic heterocycles. The first-order valence-electron chi connectivity index (χ1n) is 8.79. The third-order valence-electron chi connectivity index (χ3n) is 4.61. The normalized spacial score (nSPS) is 16.3. The van der Waals surface area contributed by atoms with Gasteiger partial charge in [-0.3, -0.25) is 9.69 Å². The Morgan fingerprint density at radius 3 is 2.50 bits per heavy atom. The van der Waals surface area contributed by atoms with Crippen LogP contribution in [0.15, 0.2) is 48.5 Å². The van der Waals surface area contributed by atoms with Gasteiger partial charge in [0.1, 0.15) is 11.9 Å². The van der Waals surface area contributed by atoms with Gasteiger partial charge in [0.25, 0.3) is 0 Å². The molecule has 26 heavy (non-hydrogen) atoms. The zero-order chi connectivity index (χ0) is 18.5. The molecule has 4 nitrogen and oxygen atoms in total. The molecule has 0 bridgehead atoms. The highest BCUT2D eigenvalue weighted by Crippen LogP contribution is 2.20. The van der Waals surface area contributed by atoms with Gasteiger partial charge in [-0.2, -0.15) is 0 Å². The monoisotopic (exact) mass is 375 g/mol. The average molecular weight is 376 g/mol. The van der Waals surface area contributed by atoms with E-state index in [0.29, 0.717) is 18.8 Å². The van der Waals surface area contributed by atoms with Crippen LogP contribution < -0.4 is 5.32 Å². The van der Waals surface area contributed by atoms with Crippen LogP contribution >= 0.6 is 11.6 Å². The van der Waals surface area contributed by atoms with Crippen molar-refractivity contribution in [3.8, 4) is 0 Å². The van der Waals surface area contributed by atoms with Gasteiger partial charge in [-0.15, -0.1) is 0 Å². The molecule has 3 rings (SSSR count). The second-order valence-electron chi connectivity index (χ2n) is 6.58. The molecule has 0 spiro atoms. The third kappa shape index (κ3) is 4.74. The highest BCUT2D eigenvalue weighted by molar-refractivity contribution is 6.31. The number of benzene rings is 2. The molecular formula is C20H23ClFN3O. The zero-order valence-corrected chi connectivity index (χ0v) is 15.5. The predicted molar refractivity (Wildman–Crippen MR) is 103 cm³/mol. The Bertz CT molecular complexity index is 748. The Balaban J connectivity index is 1.50. The van der Waals surface area contributed by atoms with Crippen LogP contribution in [0.4, 0.5) is 10.1 Å². The van der Waals surface area contributed by atoms with E-state index in [1.165, 1.54) is 17.7 Å². The van der Waals surface area contributed by atoms with Crippen LogP contribution in [0.2, 0.25) is 5.02 Å². The minimum atomic E-state index is -0.467. The Hall–Kier alpha value is -2.11. The van der Waals surface area contributed by atoms with Crippen LogP contribution in [0, 0.1) is 5.82 Å². The van der Waals surface area contributed by atoms with Crippen molar-refractivity contribution >= 4 is 23.2 Å². The minimum Gasteiger partial charge on any atom is -0.374 e. The zero-order valence-electron chi connectivity index (χ0n) is 14.8.